The van der Waals surface area contributed by atoms with Crippen molar-refractivity contribution in [2.75, 3.05) is 6.16 Å². The number of rotatable bonds is 9. The molecule has 0 aliphatic heterocycles. The lowest BCUT2D eigenvalue weighted by Gasteiger charge is -2.33. The molecule has 0 fully saturated rings. The zero-order valence-corrected chi connectivity index (χ0v) is 15.0. The molecular weight excluding hydrogens is 280 g/mol. The molecule has 0 heterocycles. The summed E-state index contributed by atoms with van der Waals surface area (Å²) < 4.78 is 10.0. The molecule has 0 saturated carbocycles. The van der Waals surface area contributed by atoms with Crippen molar-refractivity contribution >= 4 is 48.2 Å². The summed E-state index contributed by atoms with van der Waals surface area (Å²) in [4.78, 5) is 0. The van der Waals surface area contributed by atoms with Gasteiger partial charge in [-0.2, -0.15) is 0 Å². The molecule has 0 bridgehead atoms. The van der Waals surface area contributed by atoms with E-state index in [-0.39, 0.29) is 0 Å². The standard InChI is InChI=1S/C8H21B2N2OP2Si2/c1-16(2,7-5-10-15-11)13-17(3,4)8-6-14-12-9/h11H,5-8H2,1-4H3. The van der Waals surface area contributed by atoms with Crippen LogP contribution in [0, 0.1) is 5.16 Å². The molecule has 0 aliphatic rings. The fourth-order valence-corrected chi connectivity index (χ4v) is 12.5. The molecule has 9 heteroatoms. The van der Waals surface area contributed by atoms with Gasteiger partial charge >= 0.3 is 0 Å². The predicted octanol–water partition coefficient (Wildman–Crippen LogP) is 4.37. The van der Waals surface area contributed by atoms with Gasteiger partial charge in [-0.25, -0.2) is 0 Å². The van der Waals surface area contributed by atoms with Crippen LogP contribution in [0.5, 0.6) is 0 Å². The Bertz CT molecular complexity index is 268. The molecule has 93 valence electrons. The van der Waals surface area contributed by atoms with E-state index >= 15 is 0 Å². The summed E-state index contributed by atoms with van der Waals surface area (Å²) in [6, 6.07) is 2.24. The van der Waals surface area contributed by atoms with E-state index in [0.717, 1.165) is 32.9 Å². The van der Waals surface area contributed by atoms with Crippen molar-refractivity contribution < 1.29 is 4.12 Å². The Morgan fingerprint density at radius 2 is 1.82 bits per heavy atom. The van der Waals surface area contributed by atoms with E-state index in [4.69, 9.17) is 17.3 Å². The van der Waals surface area contributed by atoms with Gasteiger partial charge in [-0.1, -0.05) is 14.6 Å². The van der Waals surface area contributed by atoms with E-state index in [1.54, 1.807) is 0 Å². The Morgan fingerprint density at radius 1 is 1.24 bits per heavy atom. The Morgan fingerprint density at radius 3 is 2.35 bits per heavy atom. The van der Waals surface area contributed by atoms with Crippen molar-refractivity contribution in [1.29, 1.82) is 5.16 Å². The van der Waals surface area contributed by atoms with Gasteiger partial charge in [0.25, 0.3) is 7.98 Å². The third kappa shape index (κ3) is 10.3. The van der Waals surface area contributed by atoms with Crippen LogP contribution in [0.2, 0.25) is 44.6 Å². The average molecular weight is 301 g/mol. The summed E-state index contributed by atoms with van der Waals surface area (Å²) >= 11 is 0. The lowest BCUT2D eigenvalue weighted by Crippen LogP contribution is -2.44. The van der Waals surface area contributed by atoms with E-state index in [0.29, 0.717) is 8.25 Å². The topological polar surface area (TPSA) is 45.4 Å². The predicted molar refractivity (Wildman–Crippen MR) is 85.8 cm³/mol. The second-order valence-corrected chi connectivity index (χ2v) is 15.6. The molecule has 3 nitrogen and oxygen atoms in total. The molecule has 0 amide bonds. The van der Waals surface area contributed by atoms with Crippen LogP contribution in [0.4, 0.5) is 0 Å². The van der Waals surface area contributed by atoms with Crippen molar-refractivity contribution in [3.8, 4) is 0 Å². The minimum atomic E-state index is -1.56. The zero-order valence-electron chi connectivity index (χ0n) is 11.2. The van der Waals surface area contributed by atoms with Crippen molar-refractivity contribution in [3.05, 3.63) is 0 Å². The molecule has 0 atom stereocenters. The lowest BCUT2D eigenvalue weighted by atomic mass is 10.1. The molecule has 17 heavy (non-hydrogen) atoms. The second-order valence-electron chi connectivity index (χ2n) is 5.20. The van der Waals surface area contributed by atoms with E-state index in [2.05, 4.69) is 30.8 Å². The Labute approximate surface area is 113 Å². The van der Waals surface area contributed by atoms with Gasteiger partial charge in [-0.05, 0) is 46.6 Å². The number of nitrogens with zero attached hydrogens (tertiary/aromatic N) is 1. The highest BCUT2D eigenvalue weighted by Crippen LogP contribution is 2.24. The maximum absolute atomic E-state index is 7.08. The SMILES string of the molecule is [B]N=PCC[Si](C)(C)O[Si](C)(C)CC[B]P=N. The molecule has 3 radical (unpaired) electrons. The summed E-state index contributed by atoms with van der Waals surface area (Å²) in [6.07, 6.45) is 2.02. The fraction of sp³-hybridized carbons (Fsp3) is 1.00. The van der Waals surface area contributed by atoms with Crippen LogP contribution in [0.1, 0.15) is 0 Å². The summed E-state index contributed by atoms with van der Waals surface area (Å²) in [7, 11) is 3.62. The fourth-order valence-electron chi connectivity index (χ4n) is 1.70. The first-order valence-electron chi connectivity index (χ1n) is 5.78. The molecule has 0 aliphatic carbocycles. The summed E-state index contributed by atoms with van der Waals surface area (Å²) in [6.45, 7) is 11.1. The molecular formula is C8H21B2N2OP2Si2. The highest BCUT2D eigenvalue weighted by molar-refractivity contribution is 7.61. The number of hydrogen-bond acceptors (Lipinski definition) is 3. The second kappa shape index (κ2) is 8.76. The van der Waals surface area contributed by atoms with E-state index in [1.807, 2.05) is 7.00 Å². The molecule has 0 aromatic rings. The van der Waals surface area contributed by atoms with Crippen molar-refractivity contribution in [2.45, 2.75) is 44.6 Å². The highest BCUT2D eigenvalue weighted by atomic mass is 31.1. The largest absolute Gasteiger partial charge is 0.455 e. The Kier molecular flexibility index (Phi) is 9.13. The van der Waals surface area contributed by atoms with Crippen LogP contribution >= 0.6 is 16.6 Å². The number of hydrogen-bond donors (Lipinski definition) is 1. The molecule has 0 rings (SSSR count). The van der Waals surface area contributed by atoms with Gasteiger partial charge in [0, 0.05) is 6.16 Å². The van der Waals surface area contributed by atoms with Crippen molar-refractivity contribution in [3.63, 3.8) is 0 Å². The quantitative estimate of drug-likeness (QED) is 0.383. The minimum absolute atomic E-state index is 0.630. The van der Waals surface area contributed by atoms with Gasteiger partial charge in [0.05, 0.1) is 0 Å². The maximum atomic E-state index is 7.08. The van der Waals surface area contributed by atoms with Gasteiger partial charge in [-0.3, -0.25) is 5.16 Å². The highest BCUT2D eigenvalue weighted by Gasteiger charge is 2.31. The van der Waals surface area contributed by atoms with Gasteiger partial charge in [0.2, 0.25) is 7.00 Å². The summed E-state index contributed by atoms with van der Waals surface area (Å²) in [5.41, 5.74) is 0. The van der Waals surface area contributed by atoms with Crippen molar-refractivity contribution in [1.82, 2.24) is 0 Å². The van der Waals surface area contributed by atoms with Crippen LogP contribution < -0.4 is 0 Å². The third-order valence-electron chi connectivity index (χ3n) is 2.41. The molecule has 1 N–H and O–H groups in total. The summed E-state index contributed by atoms with van der Waals surface area (Å²) in [5, 5.41) is 7.08. The van der Waals surface area contributed by atoms with Gasteiger partial charge in [-0.15, -0.1) is 0 Å². The van der Waals surface area contributed by atoms with Crippen LogP contribution in [0.25, 0.3) is 0 Å². The molecule has 0 spiro atoms. The van der Waals surface area contributed by atoms with Crippen LogP contribution in [-0.2, 0) is 4.12 Å². The first kappa shape index (κ1) is 17.7. The molecule has 0 saturated heterocycles. The molecule has 0 aromatic heterocycles. The maximum Gasteiger partial charge on any atom is 0.266 e. The first-order chi connectivity index (χ1) is 7.83. The minimum Gasteiger partial charge on any atom is -0.455 e. The third-order valence-corrected chi connectivity index (χ3v) is 11.2. The van der Waals surface area contributed by atoms with E-state index in [1.165, 1.54) is 0 Å². The lowest BCUT2D eigenvalue weighted by molar-refractivity contribution is 0.542. The average Bonchev–Trinajstić information content (AvgIpc) is 2.16. The normalized spacial score (nSPS) is 13.4. The van der Waals surface area contributed by atoms with Crippen molar-refractivity contribution in [2.24, 2.45) is 4.66 Å². The van der Waals surface area contributed by atoms with Gasteiger partial charge in [0.1, 0.15) is 0 Å². The van der Waals surface area contributed by atoms with Crippen LogP contribution in [-0.4, -0.2) is 37.8 Å². The van der Waals surface area contributed by atoms with Crippen LogP contribution in [0.15, 0.2) is 4.66 Å². The Balaban J connectivity index is 4.11. The zero-order chi connectivity index (χ0) is 13.4. The molecule has 0 unspecified atom stereocenters. The van der Waals surface area contributed by atoms with Crippen LogP contribution in [0.3, 0.4) is 0 Å². The van der Waals surface area contributed by atoms with E-state index in [9.17, 15) is 0 Å². The van der Waals surface area contributed by atoms with E-state index < -0.39 is 16.6 Å². The van der Waals surface area contributed by atoms with Gasteiger partial charge < -0.3 is 8.77 Å². The Hall–Kier alpha value is 0.724. The summed E-state index contributed by atoms with van der Waals surface area (Å²) in [5.74, 6) is 0. The first-order valence-corrected chi connectivity index (χ1v) is 14.0. The monoisotopic (exact) mass is 301 g/mol. The smallest absolute Gasteiger partial charge is 0.266 e. The van der Waals surface area contributed by atoms with Gasteiger partial charge in [0.15, 0.2) is 16.6 Å². The number of nitrogens with one attached hydrogen (secondary N) is 1. The molecule has 0 aromatic carbocycles.